The fourth-order valence-electron chi connectivity index (χ4n) is 3.67. The maximum Gasteiger partial charge on any atom is 0.416 e. The number of amides is 3. The van der Waals surface area contributed by atoms with Crippen molar-refractivity contribution in [2.45, 2.75) is 38.3 Å². The van der Waals surface area contributed by atoms with E-state index in [1.165, 1.54) is 0 Å². The van der Waals surface area contributed by atoms with Crippen molar-refractivity contribution >= 4 is 35.0 Å². The number of imide groups is 1. The van der Waals surface area contributed by atoms with Crippen LogP contribution in [0.4, 0.5) is 18.9 Å². The normalized spacial score (nSPS) is 22.7. The quantitative estimate of drug-likeness (QED) is 0.778. The maximum atomic E-state index is 12.6. The Kier molecular flexibility index (Phi) is 5.46. The predicted molar refractivity (Wildman–Crippen MR) is 91.9 cm³/mol. The smallest absolute Gasteiger partial charge is 0.325 e. The molecule has 0 aromatic heterocycles. The second kappa shape index (κ2) is 7.50. The number of carbonyl (C=O) groups is 3. The Morgan fingerprint density at radius 1 is 1.15 bits per heavy atom. The van der Waals surface area contributed by atoms with Gasteiger partial charge in [-0.2, -0.15) is 13.2 Å². The van der Waals surface area contributed by atoms with Crippen molar-refractivity contribution in [1.29, 1.82) is 0 Å². The number of nitrogens with zero attached hydrogens (tertiary/aromatic N) is 1. The Hall–Kier alpha value is -2.09. The molecule has 1 saturated heterocycles. The largest absolute Gasteiger partial charge is 0.416 e. The third kappa shape index (κ3) is 4.10. The van der Waals surface area contributed by atoms with Crippen LogP contribution in [0.3, 0.4) is 0 Å². The summed E-state index contributed by atoms with van der Waals surface area (Å²) in [6.07, 6.45) is -1.45. The first-order chi connectivity index (χ1) is 12.7. The summed E-state index contributed by atoms with van der Waals surface area (Å²) in [5, 5.41) is 2.18. The number of benzene rings is 1. The molecule has 0 spiro atoms. The molecule has 1 heterocycles. The third-order valence-electron chi connectivity index (χ3n) is 5.07. The number of nitrogens with one attached hydrogen (secondary N) is 1. The van der Waals surface area contributed by atoms with Crippen molar-refractivity contribution in [3.8, 4) is 0 Å². The number of anilines is 1. The van der Waals surface area contributed by atoms with Gasteiger partial charge in [0.25, 0.3) is 0 Å². The SMILES string of the molecule is O=C(CCN1C(=O)[C@H]2CCCC[C@@H]2C1=O)Nc1ccc(C(F)(F)F)cc1Cl. The third-order valence-corrected chi connectivity index (χ3v) is 5.38. The molecule has 1 aliphatic heterocycles. The number of halogens is 4. The van der Waals surface area contributed by atoms with E-state index in [1.807, 2.05) is 0 Å². The van der Waals surface area contributed by atoms with Crippen LogP contribution >= 0.6 is 11.6 Å². The van der Waals surface area contributed by atoms with Crippen LogP contribution in [0.15, 0.2) is 18.2 Å². The zero-order chi connectivity index (χ0) is 19.8. The Morgan fingerprint density at radius 2 is 1.74 bits per heavy atom. The van der Waals surface area contributed by atoms with Crippen molar-refractivity contribution in [3.05, 3.63) is 28.8 Å². The fourth-order valence-corrected chi connectivity index (χ4v) is 3.90. The van der Waals surface area contributed by atoms with Crippen LogP contribution in [0, 0.1) is 11.8 Å². The van der Waals surface area contributed by atoms with Crippen molar-refractivity contribution in [1.82, 2.24) is 4.90 Å². The molecule has 3 amide bonds. The van der Waals surface area contributed by atoms with Gasteiger partial charge in [-0.05, 0) is 31.0 Å². The Labute approximate surface area is 158 Å². The average Bonchev–Trinajstić information content (AvgIpc) is 2.85. The summed E-state index contributed by atoms with van der Waals surface area (Å²) < 4.78 is 37.9. The summed E-state index contributed by atoms with van der Waals surface area (Å²) in [6, 6.07) is 2.62. The lowest BCUT2D eigenvalue weighted by molar-refractivity contribution is -0.140. The molecule has 1 saturated carbocycles. The van der Waals surface area contributed by atoms with E-state index < -0.39 is 17.6 Å². The number of alkyl halides is 3. The highest BCUT2D eigenvalue weighted by Crippen LogP contribution is 2.38. The second-order valence-corrected chi connectivity index (χ2v) is 7.22. The van der Waals surface area contributed by atoms with E-state index in [4.69, 9.17) is 11.6 Å². The molecule has 27 heavy (non-hydrogen) atoms. The summed E-state index contributed by atoms with van der Waals surface area (Å²) in [7, 11) is 0. The van der Waals surface area contributed by atoms with Crippen molar-refractivity contribution in [2.75, 3.05) is 11.9 Å². The molecule has 2 fully saturated rings. The van der Waals surface area contributed by atoms with Gasteiger partial charge in [0.2, 0.25) is 17.7 Å². The summed E-state index contributed by atoms with van der Waals surface area (Å²) in [5.41, 5.74) is -0.872. The van der Waals surface area contributed by atoms with Gasteiger partial charge in [0.15, 0.2) is 0 Å². The van der Waals surface area contributed by atoms with Gasteiger partial charge in [0, 0.05) is 13.0 Å². The first-order valence-corrected chi connectivity index (χ1v) is 9.08. The number of rotatable bonds is 4. The highest BCUT2D eigenvalue weighted by atomic mass is 35.5. The van der Waals surface area contributed by atoms with E-state index in [-0.39, 0.29) is 47.3 Å². The zero-order valence-electron chi connectivity index (χ0n) is 14.3. The molecule has 0 unspecified atom stereocenters. The molecule has 1 aromatic rings. The fraction of sp³-hybridized carbons (Fsp3) is 0.500. The minimum Gasteiger partial charge on any atom is -0.325 e. The lowest BCUT2D eigenvalue weighted by Crippen LogP contribution is -2.34. The monoisotopic (exact) mass is 402 g/mol. The number of fused-ring (bicyclic) bond motifs is 1. The van der Waals surface area contributed by atoms with Gasteiger partial charge in [-0.1, -0.05) is 24.4 Å². The van der Waals surface area contributed by atoms with Gasteiger partial charge in [0.05, 0.1) is 28.1 Å². The number of carbonyl (C=O) groups excluding carboxylic acids is 3. The van der Waals surface area contributed by atoms with Crippen molar-refractivity contribution < 1.29 is 27.6 Å². The van der Waals surface area contributed by atoms with Crippen molar-refractivity contribution in [3.63, 3.8) is 0 Å². The van der Waals surface area contributed by atoms with Crippen LogP contribution < -0.4 is 5.32 Å². The number of hydrogen-bond donors (Lipinski definition) is 1. The molecule has 5 nitrogen and oxygen atoms in total. The molecule has 2 atom stereocenters. The van der Waals surface area contributed by atoms with Crippen LogP contribution in [0.1, 0.15) is 37.7 Å². The molecule has 146 valence electrons. The van der Waals surface area contributed by atoms with E-state index in [1.54, 1.807) is 0 Å². The van der Waals surface area contributed by atoms with Crippen LogP contribution in [0.5, 0.6) is 0 Å². The molecular weight excluding hydrogens is 385 g/mol. The Morgan fingerprint density at radius 3 is 2.26 bits per heavy atom. The van der Waals surface area contributed by atoms with E-state index >= 15 is 0 Å². The molecule has 1 aromatic carbocycles. The van der Waals surface area contributed by atoms with Gasteiger partial charge >= 0.3 is 6.18 Å². The van der Waals surface area contributed by atoms with Crippen LogP contribution in [0.25, 0.3) is 0 Å². The highest BCUT2D eigenvalue weighted by Gasteiger charge is 2.47. The van der Waals surface area contributed by atoms with Gasteiger partial charge in [-0.3, -0.25) is 19.3 Å². The molecule has 0 radical (unpaired) electrons. The van der Waals surface area contributed by atoms with Crippen LogP contribution in [-0.2, 0) is 20.6 Å². The minimum absolute atomic E-state index is 0.0439. The first kappa shape index (κ1) is 19.7. The van der Waals surface area contributed by atoms with Gasteiger partial charge in [0.1, 0.15) is 0 Å². The van der Waals surface area contributed by atoms with E-state index in [0.29, 0.717) is 12.8 Å². The lowest BCUT2D eigenvalue weighted by atomic mass is 9.81. The topological polar surface area (TPSA) is 66.5 Å². The first-order valence-electron chi connectivity index (χ1n) is 8.70. The molecule has 1 N–H and O–H groups in total. The number of hydrogen-bond acceptors (Lipinski definition) is 3. The molecular formula is C18H18ClF3N2O3. The van der Waals surface area contributed by atoms with Gasteiger partial charge in [-0.25, -0.2) is 0 Å². The molecule has 2 aliphatic rings. The van der Waals surface area contributed by atoms with Crippen molar-refractivity contribution in [2.24, 2.45) is 11.8 Å². The summed E-state index contributed by atoms with van der Waals surface area (Å²) >= 11 is 5.80. The molecule has 3 rings (SSSR count). The minimum atomic E-state index is -4.53. The molecule has 1 aliphatic carbocycles. The summed E-state index contributed by atoms with van der Waals surface area (Å²) in [5.74, 6) is -1.56. The van der Waals surface area contributed by atoms with Crippen LogP contribution in [-0.4, -0.2) is 29.2 Å². The standard InChI is InChI=1S/C18H18ClF3N2O3/c19-13-9-10(18(20,21)22)5-6-14(13)23-15(25)7-8-24-16(26)11-3-1-2-4-12(11)17(24)27/h5-6,9,11-12H,1-4,7-8H2,(H,23,25)/t11-,12-/m0/s1. The predicted octanol–water partition coefficient (Wildman–Crippen LogP) is 3.86. The maximum absolute atomic E-state index is 12.6. The van der Waals surface area contributed by atoms with E-state index in [0.717, 1.165) is 35.9 Å². The molecule has 0 bridgehead atoms. The number of likely N-dealkylation sites (tertiary alicyclic amines) is 1. The zero-order valence-corrected chi connectivity index (χ0v) is 15.1. The van der Waals surface area contributed by atoms with E-state index in [2.05, 4.69) is 5.32 Å². The van der Waals surface area contributed by atoms with Gasteiger partial charge in [-0.15, -0.1) is 0 Å². The molecule has 9 heteroatoms. The van der Waals surface area contributed by atoms with E-state index in [9.17, 15) is 27.6 Å². The second-order valence-electron chi connectivity index (χ2n) is 6.82. The summed E-state index contributed by atoms with van der Waals surface area (Å²) in [4.78, 5) is 37.9. The summed E-state index contributed by atoms with van der Waals surface area (Å²) in [6.45, 7) is -0.0469. The highest BCUT2D eigenvalue weighted by molar-refractivity contribution is 6.33. The lowest BCUT2D eigenvalue weighted by Gasteiger charge is -2.19. The van der Waals surface area contributed by atoms with Gasteiger partial charge < -0.3 is 5.32 Å². The Balaban J connectivity index is 1.59. The van der Waals surface area contributed by atoms with Crippen LogP contribution in [0.2, 0.25) is 5.02 Å². The average molecular weight is 403 g/mol. The Bertz CT molecular complexity index is 758.